The van der Waals surface area contributed by atoms with E-state index in [0.717, 1.165) is 11.3 Å². The molecule has 0 bridgehead atoms. The standard InChI is InChI=1S/C13H23N3O3/c1-9(8-17)16(12(18)19-13(3,4)5)7-11-6-14-15-10(11)2/h6,9,17H,7-8H2,1-5H3,(H,14,15). The first-order valence-corrected chi connectivity index (χ1v) is 6.34. The number of aromatic nitrogens is 2. The smallest absolute Gasteiger partial charge is 0.410 e. The lowest BCUT2D eigenvalue weighted by atomic mass is 10.2. The van der Waals surface area contributed by atoms with Gasteiger partial charge in [0, 0.05) is 11.3 Å². The Morgan fingerprint density at radius 1 is 1.58 bits per heavy atom. The summed E-state index contributed by atoms with van der Waals surface area (Å²) in [5.41, 5.74) is 1.25. The second-order valence-electron chi connectivity index (χ2n) is 5.66. The number of aliphatic hydroxyl groups excluding tert-OH is 1. The zero-order valence-corrected chi connectivity index (χ0v) is 12.2. The Bertz CT molecular complexity index is 423. The summed E-state index contributed by atoms with van der Waals surface area (Å²) in [6.07, 6.45) is 1.24. The van der Waals surface area contributed by atoms with Crippen molar-refractivity contribution in [3.8, 4) is 0 Å². The molecule has 0 aliphatic carbocycles. The Morgan fingerprint density at radius 3 is 2.63 bits per heavy atom. The van der Waals surface area contributed by atoms with Crippen LogP contribution in [0.25, 0.3) is 0 Å². The first kappa shape index (κ1) is 15.5. The molecule has 1 amide bonds. The van der Waals surface area contributed by atoms with Crippen molar-refractivity contribution in [3.05, 3.63) is 17.5 Å². The molecular weight excluding hydrogens is 246 g/mol. The van der Waals surface area contributed by atoms with Crippen LogP contribution in [0.2, 0.25) is 0 Å². The predicted molar refractivity (Wildman–Crippen MR) is 71.6 cm³/mol. The van der Waals surface area contributed by atoms with Crippen molar-refractivity contribution >= 4 is 6.09 Å². The number of hydrogen-bond acceptors (Lipinski definition) is 4. The Balaban J connectivity index is 2.84. The summed E-state index contributed by atoms with van der Waals surface area (Å²) in [6.45, 7) is 9.36. The van der Waals surface area contributed by atoms with Crippen LogP contribution in [-0.4, -0.2) is 44.5 Å². The molecule has 0 spiro atoms. The van der Waals surface area contributed by atoms with E-state index < -0.39 is 11.7 Å². The summed E-state index contributed by atoms with van der Waals surface area (Å²) < 4.78 is 5.36. The van der Waals surface area contributed by atoms with Gasteiger partial charge in [-0.15, -0.1) is 0 Å². The summed E-state index contributed by atoms with van der Waals surface area (Å²) in [7, 11) is 0. The van der Waals surface area contributed by atoms with Crippen LogP contribution in [0.1, 0.15) is 39.0 Å². The maximum absolute atomic E-state index is 12.2. The second kappa shape index (κ2) is 6.06. The van der Waals surface area contributed by atoms with E-state index in [2.05, 4.69) is 10.2 Å². The SMILES string of the molecule is Cc1[nH]ncc1CN(C(=O)OC(C)(C)C)C(C)CO. The Labute approximate surface area is 113 Å². The molecule has 0 aliphatic heterocycles. The molecule has 108 valence electrons. The van der Waals surface area contributed by atoms with Crippen LogP contribution in [0, 0.1) is 6.92 Å². The third-order valence-electron chi connectivity index (χ3n) is 2.70. The molecule has 6 heteroatoms. The van der Waals surface area contributed by atoms with E-state index in [1.165, 1.54) is 4.90 Å². The van der Waals surface area contributed by atoms with Gasteiger partial charge in [0.15, 0.2) is 0 Å². The number of carbonyl (C=O) groups is 1. The fourth-order valence-electron chi connectivity index (χ4n) is 1.54. The first-order chi connectivity index (χ1) is 8.74. The van der Waals surface area contributed by atoms with Gasteiger partial charge in [-0.2, -0.15) is 5.10 Å². The molecule has 0 radical (unpaired) electrons. The van der Waals surface area contributed by atoms with E-state index in [0.29, 0.717) is 6.54 Å². The molecule has 1 unspecified atom stereocenters. The van der Waals surface area contributed by atoms with Gasteiger partial charge in [-0.3, -0.25) is 10.00 Å². The number of carbonyl (C=O) groups excluding carboxylic acids is 1. The molecule has 1 atom stereocenters. The number of rotatable bonds is 4. The van der Waals surface area contributed by atoms with Gasteiger partial charge in [-0.1, -0.05) is 0 Å². The van der Waals surface area contributed by atoms with Gasteiger partial charge in [0.1, 0.15) is 5.60 Å². The molecule has 2 N–H and O–H groups in total. The van der Waals surface area contributed by atoms with Gasteiger partial charge in [0.25, 0.3) is 0 Å². The molecule has 6 nitrogen and oxygen atoms in total. The molecular formula is C13H23N3O3. The number of hydrogen-bond donors (Lipinski definition) is 2. The van der Waals surface area contributed by atoms with Gasteiger partial charge in [-0.05, 0) is 34.6 Å². The maximum atomic E-state index is 12.2. The quantitative estimate of drug-likeness (QED) is 0.874. The maximum Gasteiger partial charge on any atom is 0.410 e. The molecule has 1 rings (SSSR count). The van der Waals surface area contributed by atoms with Gasteiger partial charge >= 0.3 is 6.09 Å². The van der Waals surface area contributed by atoms with E-state index in [4.69, 9.17) is 4.74 Å². The van der Waals surface area contributed by atoms with Gasteiger partial charge < -0.3 is 9.84 Å². The average Bonchev–Trinajstić information content (AvgIpc) is 2.68. The molecule has 0 fully saturated rings. The number of H-pyrrole nitrogens is 1. The lowest BCUT2D eigenvalue weighted by Crippen LogP contribution is -2.43. The number of aromatic amines is 1. The Kier molecular flexibility index (Phi) is 4.94. The van der Waals surface area contributed by atoms with Crippen LogP contribution in [0.15, 0.2) is 6.20 Å². The number of amides is 1. The molecule has 1 aromatic rings. The number of nitrogens with one attached hydrogen (secondary N) is 1. The van der Waals surface area contributed by atoms with Crippen molar-refractivity contribution in [2.45, 2.75) is 52.8 Å². The van der Waals surface area contributed by atoms with E-state index in [-0.39, 0.29) is 12.6 Å². The van der Waals surface area contributed by atoms with Crippen LogP contribution in [0.3, 0.4) is 0 Å². The molecule has 1 heterocycles. The Hall–Kier alpha value is -1.56. The van der Waals surface area contributed by atoms with Crippen molar-refractivity contribution in [1.82, 2.24) is 15.1 Å². The molecule has 19 heavy (non-hydrogen) atoms. The van der Waals surface area contributed by atoms with Crippen LogP contribution in [0.4, 0.5) is 4.79 Å². The van der Waals surface area contributed by atoms with Gasteiger partial charge in [0.2, 0.25) is 0 Å². The topological polar surface area (TPSA) is 78.5 Å². The fraction of sp³-hybridized carbons (Fsp3) is 0.692. The van der Waals surface area contributed by atoms with Crippen molar-refractivity contribution < 1.29 is 14.6 Å². The second-order valence-corrected chi connectivity index (χ2v) is 5.66. The van der Waals surface area contributed by atoms with E-state index in [9.17, 15) is 9.90 Å². The number of aliphatic hydroxyl groups is 1. The average molecular weight is 269 g/mol. The lowest BCUT2D eigenvalue weighted by molar-refractivity contribution is 0.00935. The molecule has 0 saturated heterocycles. The molecule has 0 saturated carbocycles. The van der Waals surface area contributed by atoms with Crippen LogP contribution in [0.5, 0.6) is 0 Å². The van der Waals surface area contributed by atoms with E-state index >= 15 is 0 Å². The van der Waals surface area contributed by atoms with Crippen molar-refractivity contribution in [2.24, 2.45) is 0 Å². The zero-order chi connectivity index (χ0) is 14.6. The van der Waals surface area contributed by atoms with Crippen LogP contribution >= 0.6 is 0 Å². The minimum absolute atomic E-state index is 0.115. The highest BCUT2D eigenvalue weighted by Crippen LogP contribution is 2.16. The highest BCUT2D eigenvalue weighted by atomic mass is 16.6. The number of aryl methyl sites for hydroxylation is 1. The summed E-state index contributed by atoms with van der Waals surface area (Å²) in [6, 6.07) is -0.316. The summed E-state index contributed by atoms with van der Waals surface area (Å²) in [4.78, 5) is 13.7. The first-order valence-electron chi connectivity index (χ1n) is 6.34. The molecule has 0 aliphatic rings. The van der Waals surface area contributed by atoms with Crippen LogP contribution in [-0.2, 0) is 11.3 Å². The number of ether oxygens (including phenoxy) is 1. The summed E-state index contributed by atoms with van der Waals surface area (Å²) in [5.74, 6) is 0. The van der Waals surface area contributed by atoms with Crippen molar-refractivity contribution in [3.63, 3.8) is 0 Å². The predicted octanol–water partition coefficient (Wildman–Crippen LogP) is 1.84. The third-order valence-corrected chi connectivity index (χ3v) is 2.70. The minimum Gasteiger partial charge on any atom is -0.444 e. The molecule has 1 aromatic heterocycles. The van der Waals surface area contributed by atoms with E-state index in [1.54, 1.807) is 13.1 Å². The monoisotopic (exact) mass is 269 g/mol. The van der Waals surface area contributed by atoms with Crippen molar-refractivity contribution in [1.29, 1.82) is 0 Å². The summed E-state index contributed by atoms with van der Waals surface area (Å²) in [5, 5.41) is 16.0. The highest BCUT2D eigenvalue weighted by molar-refractivity contribution is 5.68. The third kappa shape index (κ3) is 4.55. The lowest BCUT2D eigenvalue weighted by Gasteiger charge is -2.30. The zero-order valence-electron chi connectivity index (χ0n) is 12.2. The van der Waals surface area contributed by atoms with Gasteiger partial charge in [0.05, 0.1) is 25.4 Å². The van der Waals surface area contributed by atoms with E-state index in [1.807, 2.05) is 27.7 Å². The fourth-order valence-corrected chi connectivity index (χ4v) is 1.54. The normalized spacial score (nSPS) is 13.2. The highest BCUT2D eigenvalue weighted by Gasteiger charge is 2.26. The largest absolute Gasteiger partial charge is 0.444 e. The van der Waals surface area contributed by atoms with Crippen LogP contribution < -0.4 is 0 Å². The summed E-state index contributed by atoms with van der Waals surface area (Å²) >= 11 is 0. The Morgan fingerprint density at radius 2 is 2.21 bits per heavy atom. The number of nitrogens with zero attached hydrogens (tertiary/aromatic N) is 2. The van der Waals surface area contributed by atoms with Crippen molar-refractivity contribution in [2.75, 3.05) is 6.61 Å². The minimum atomic E-state index is -0.560. The van der Waals surface area contributed by atoms with Gasteiger partial charge in [-0.25, -0.2) is 4.79 Å². The molecule has 0 aromatic carbocycles.